The van der Waals surface area contributed by atoms with Gasteiger partial charge in [-0.05, 0) is 37.2 Å². The van der Waals surface area contributed by atoms with Gasteiger partial charge in [-0.2, -0.15) is 0 Å². The van der Waals surface area contributed by atoms with Crippen molar-refractivity contribution < 1.29 is 0 Å². The molecule has 1 fully saturated rings. The van der Waals surface area contributed by atoms with Crippen LogP contribution < -0.4 is 5.73 Å². The van der Waals surface area contributed by atoms with Crippen LogP contribution in [0.4, 0.5) is 0 Å². The molecule has 0 heterocycles. The van der Waals surface area contributed by atoms with Gasteiger partial charge in [0.15, 0.2) is 0 Å². The highest BCUT2D eigenvalue weighted by Gasteiger charge is 2.23. The highest BCUT2D eigenvalue weighted by atomic mass is 14.7. The molecule has 1 aliphatic carbocycles. The van der Waals surface area contributed by atoms with E-state index in [1.165, 1.54) is 24.8 Å². The molecule has 0 aromatic heterocycles. The summed E-state index contributed by atoms with van der Waals surface area (Å²) in [5.41, 5.74) is 7.55. The Bertz CT molecular complexity index is 264. The molecule has 0 aliphatic heterocycles. The molecule has 14 heavy (non-hydrogen) atoms. The van der Waals surface area contributed by atoms with Gasteiger partial charge in [-0.1, -0.05) is 36.8 Å². The molecule has 0 radical (unpaired) electrons. The normalized spacial score (nSPS) is 18.9. The minimum absolute atomic E-state index is 0.434. The predicted molar refractivity (Wildman–Crippen MR) is 60.1 cm³/mol. The summed E-state index contributed by atoms with van der Waals surface area (Å²) >= 11 is 0. The molecule has 1 aromatic carbocycles. The molecule has 1 aliphatic rings. The quantitative estimate of drug-likeness (QED) is 0.774. The van der Waals surface area contributed by atoms with Gasteiger partial charge in [0.25, 0.3) is 0 Å². The van der Waals surface area contributed by atoms with E-state index in [4.69, 9.17) is 5.73 Å². The molecule has 0 spiro atoms. The third-order valence-corrected chi connectivity index (χ3v) is 3.36. The van der Waals surface area contributed by atoms with E-state index >= 15 is 0 Å². The maximum Gasteiger partial charge on any atom is 0.00703 e. The fraction of sp³-hybridized carbons (Fsp3) is 0.538. The smallest absolute Gasteiger partial charge is 0.00703 e. The van der Waals surface area contributed by atoms with Gasteiger partial charge in [-0.15, -0.1) is 0 Å². The van der Waals surface area contributed by atoms with Gasteiger partial charge in [0.1, 0.15) is 0 Å². The standard InChI is InChI=1S/C13H19N/c14-13(12-7-4-8-12)10-9-11-5-2-1-3-6-11/h1-3,5-6,12-13H,4,7-10,14H2/t13-/m0/s1. The van der Waals surface area contributed by atoms with Crippen LogP contribution in [-0.4, -0.2) is 6.04 Å². The van der Waals surface area contributed by atoms with Crippen molar-refractivity contribution in [3.8, 4) is 0 Å². The van der Waals surface area contributed by atoms with Crippen LogP contribution in [0.2, 0.25) is 0 Å². The SMILES string of the molecule is N[C@@H](CCc1ccccc1)C1CCC1. The topological polar surface area (TPSA) is 26.0 Å². The van der Waals surface area contributed by atoms with E-state index in [0.717, 1.165) is 18.8 Å². The molecule has 1 atom stereocenters. The third kappa shape index (κ3) is 2.36. The van der Waals surface area contributed by atoms with Gasteiger partial charge in [-0.25, -0.2) is 0 Å². The Hall–Kier alpha value is -0.820. The third-order valence-electron chi connectivity index (χ3n) is 3.36. The lowest BCUT2D eigenvalue weighted by atomic mass is 9.78. The molecule has 2 N–H and O–H groups in total. The van der Waals surface area contributed by atoms with E-state index in [0.29, 0.717) is 6.04 Å². The van der Waals surface area contributed by atoms with Crippen LogP contribution in [0.25, 0.3) is 0 Å². The van der Waals surface area contributed by atoms with Gasteiger partial charge in [-0.3, -0.25) is 0 Å². The first-order valence-corrected chi connectivity index (χ1v) is 5.66. The summed E-state index contributed by atoms with van der Waals surface area (Å²) in [6.07, 6.45) is 6.39. The van der Waals surface area contributed by atoms with Crippen molar-refractivity contribution in [2.24, 2.45) is 11.7 Å². The highest BCUT2D eigenvalue weighted by molar-refractivity contribution is 5.14. The summed E-state index contributed by atoms with van der Waals surface area (Å²) in [4.78, 5) is 0. The second-order valence-electron chi connectivity index (χ2n) is 4.38. The number of aryl methyl sites for hydroxylation is 1. The number of benzene rings is 1. The second-order valence-corrected chi connectivity index (χ2v) is 4.38. The van der Waals surface area contributed by atoms with Gasteiger partial charge >= 0.3 is 0 Å². The largest absolute Gasteiger partial charge is 0.327 e. The molecule has 0 saturated heterocycles. The minimum atomic E-state index is 0.434. The average molecular weight is 189 g/mol. The van der Waals surface area contributed by atoms with Gasteiger partial charge in [0, 0.05) is 6.04 Å². The highest BCUT2D eigenvalue weighted by Crippen LogP contribution is 2.30. The van der Waals surface area contributed by atoms with E-state index in [9.17, 15) is 0 Å². The summed E-state index contributed by atoms with van der Waals surface area (Å²) in [6.45, 7) is 0. The maximum absolute atomic E-state index is 6.13. The molecule has 1 nitrogen and oxygen atoms in total. The lowest BCUT2D eigenvalue weighted by Gasteiger charge is -2.31. The van der Waals surface area contributed by atoms with Crippen molar-refractivity contribution >= 4 is 0 Å². The van der Waals surface area contributed by atoms with Gasteiger partial charge in [0.05, 0.1) is 0 Å². The molecule has 0 unspecified atom stereocenters. The lowest BCUT2D eigenvalue weighted by Crippen LogP contribution is -2.34. The average Bonchev–Trinajstić information content (AvgIpc) is 2.14. The van der Waals surface area contributed by atoms with Crippen LogP contribution in [-0.2, 0) is 6.42 Å². The number of rotatable bonds is 4. The van der Waals surface area contributed by atoms with Crippen LogP contribution >= 0.6 is 0 Å². The molecule has 1 heteroatoms. The number of hydrogen-bond donors (Lipinski definition) is 1. The number of hydrogen-bond acceptors (Lipinski definition) is 1. The summed E-state index contributed by atoms with van der Waals surface area (Å²) < 4.78 is 0. The molecular weight excluding hydrogens is 170 g/mol. The Morgan fingerprint density at radius 1 is 1.21 bits per heavy atom. The Labute approximate surface area is 86.3 Å². The van der Waals surface area contributed by atoms with Gasteiger partial charge < -0.3 is 5.73 Å². The Kier molecular flexibility index (Phi) is 3.20. The molecular formula is C13H19N. The maximum atomic E-state index is 6.13. The van der Waals surface area contributed by atoms with Crippen LogP contribution in [0.3, 0.4) is 0 Å². The zero-order valence-corrected chi connectivity index (χ0v) is 8.65. The summed E-state index contributed by atoms with van der Waals surface area (Å²) in [7, 11) is 0. The lowest BCUT2D eigenvalue weighted by molar-refractivity contribution is 0.253. The van der Waals surface area contributed by atoms with Crippen LogP contribution in [0.1, 0.15) is 31.2 Å². The predicted octanol–water partition coefficient (Wildman–Crippen LogP) is 2.75. The van der Waals surface area contributed by atoms with Crippen molar-refractivity contribution in [2.75, 3.05) is 0 Å². The zero-order chi connectivity index (χ0) is 9.80. The second kappa shape index (κ2) is 4.61. The fourth-order valence-electron chi connectivity index (χ4n) is 2.08. The van der Waals surface area contributed by atoms with Crippen LogP contribution in [0.5, 0.6) is 0 Å². The Morgan fingerprint density at radius 3 is 2.50 bits per heavy atom. The van der Waals surface area contributed by atoms with E-state index in [1.807, 2.05) is 0 Å². The summed E-state index contributed by atoms with van der Waals surface area (Å²) in [5, 5.41) is 0. The van der Waals surface area contributed by atoms with Crippen molar-refractivity contribution in [1.82, 2.24) is 0 Å². The fourth-order valence-corrected chi connectivity index (χ4v) is 2.08. The molecule has 1 saturated carbocycles. The van der Waals surface area contributed by atoms with E-state index < -0.39 is 0 Å². The molecule has 2 rings (SSSR count). The molecule has 0 amide bonds. The summed E-state index contributed by atoms with van der Waals surface area (Å²) in [6, 6.07) is 11.1. The van der Waals surface area contributed by atoms with E-state index in [2.05, 4.69) is 30.3 Å². The first kappa shape index (κ1) is 9.72. The molecule has 76 valence electrons. The molecule has 1 aromatic rings. The minimum Gasteiger partial charge on any atom is -0.327 e. The van der Waals surface area contributed by atoms with Crippen LogP contribution in [0.15, 0.2) is 30.3 Å². The first-order valence-electron chi connectivity index (χ1n) is 5.66. The monoisotopic (exact) mass is 189 g/mol. The van der Waals surface area contributed by atoms with Crippen molar-refractivity contribution in [2.45, 2.75) is 38.1 Å². The first-order chi connectivity index (χ1) is 6.86. The van der Waals surface area contributed by atoms with E-state index in [-0.39, 0.29) is 0 Å². The number of nitrogens with two attached hydrogens (primary N) is 1. The zero-order valence-electron chi connectivity index (χ0n) is 8.65. The summed E-state index contributed by atoms with van der Waals surface area (Å²) in [5.74, 6) is 0.818. The van der Waals surface area contributed by atoms with Crippen LogP contribution in [0, 0.1) is 5.92 Å². The Morgan fingerprint density at radius 2 is 1.93 bits per heavy atom. The van der Waals surface area contributed by atoms with Gasteiger partial charge in [0.2, 0.25) is 0 Å². The van der Waals surface area contributed by atoms with Crippen molar-refractivity contribution in [3.63, 3.8) is 0 Å². The molecule has 0 bridgehead atoms. The van der Waals surface area contributed by atoms with Crippen molar-refractivity contribution in [3.05, 3.63) is 35.9 Å². The van der Waals surface area contributed by atoms with Crippen molar-refractivity contribution in [1.29, 1.82) is 0 Å². The van der Waals surface area contributed by atoms with E-state index in [1.54, 1.807) is 0 Å². The Balaban J connectivity index is 1.76.